The highest BCUT2D eigenvalue weighted by atomic mass is 16.5. The zero-order chi connectivity index (χ0) is 21.5. The van der Waals surface area contributed by atoms with Crippen molar-refractivity contribution >= 4 is 11.6 Å². The Morgan fingerprint density at radius 3 is 2.35 bits per heavy atom. The second kappa shape index (κ2) is 9.49. The van der Waals surface area contributed by atoms with Crippen molar-refractivity contribution in [2.24, 2.45) is 0 Å². The molecule has 0 radical (unpaired) electrons. The highest BCUT2D eigenvalue weighted by Crippen LogP contribution is 2.15. The minimum Gasteiger partial charge on any atom is -0.473 e. The summed E-state index contributed by atoms with van der Waals surface area (Å²) in [5.41, 5.74) is 2.68. The monoisotopic (exact) mass is 412 g/mol. The van der Waals surface area contributed by atoms with E-state index in [0.29, 0.717) is 23.9 Å². The van der Waals surface area contributed by atoms with Gasteiger partial charge in [-0.1, -0.05) is 60.7 Å². The molecule has 0 aliphatic heterocycles. The number of aromatic nitrogens is 3. The molecule has 7 heteroatoms. The summed E-state index contributed by atoms with van der Waals surface area (Å²) in [6, 6.07) is 25.7. The predicted molar refractivity (Wildman–Crippen MR) is 118 cm³/mol. The van der Waals surface area contributed by atoms with Crippen molar-refractivity contribution in [3.8, 4) is 17.1 Å². The maximum absolute atomic E-state index is 12.4. The Kier molecular flexibility index (Phi) is 6.13. The van der Waals surface area contributed by atoms with E-state index in [-0.39, 0.29) is 18.0 Å². The molecule has 1 amide bonds. The van der Waals surface area contributed by atoms with Gasteiger partial charge in [-0.15, -0.1) is 0 Å². The first-order chi connectivity index (χ1) is 15.2. The van der Waals surface area contributed by atoms with Crippen molar-refractivity contribution in [1.29, 1.82) is 0 Å². The van der Waals surface area contributed by atoms with Crippen LogP contribution in [0.3, 0.4) is 0 Å². The summed E-state index contributed by atoms with van der Waals surface area (Å²) in [6.45, 7) is 0.206. The molecule has 0 saturated heterocycles. The number of benzene rings is 2. The Balaban J connectivity index is 1.37. The van der Waals surface area contributed by atoms with Gasteiger partial charge in [0.1, 0.15) is 13.2 Å². The van der Waals surface area contributed by atoms with Crippen LogP contribution in [0.25, 0.3) is 11.3 Å². The van der Waals surface area contributed by atoms with Gasteiger partial charge in [0.25, 0.3) is 5.56 Å². The Bertz CT molecular complexity index is 1210. The molecule has 0 unspecified atom stereocenters. The second-order valence-electron chi connectivity index (χ2n) is 6.79. The van der Waals surface area contributed by atoms with Gasteiger partial charge < -0.3 is 10.1 Å². The Hall–Kier alpha value is -4.26. The summed E-state index contributed by atoms with van der Waals surface area (Å²) in [5, 5.41) is 7.02. The van der Waals surface area contributed by atoms with Crippen molar-refractivity contribution in [2.45, 2.75) is 13.2 Å². The number of amides is 1. The molecule has 0 bridgehead atoms. The normalized spacial score (nSPS) is 10.5. The lowest BCUT2D eigenvalue weighted by molar-refractivity contribution is -0.117. The summed E-state index contributed by atoms with van der Waals surface area (Å²) in [5.74, 6) is 0.0786. The lowest BCUT2D eigenvalue weighted by atomic mass is 10.1. The third-order valence-corrected chi connectivity index (χ3v) is 4.48. The fourth-order valence-corrected chi connectivity index (χ4v) is 2.93. The summed E-state index contributed by atoms with van der Waals surface area (Å²) >= 11 is 0. The molecule has 0 aliphatic rings. The molecule has 0 spiro atoms. The number of nitrogens with zero attached hydrogens (tertiary/aromatic N) is 3. The number of carbonyl (C=O) groups excluding carboxylic acids is 1. The van der Waals surface area contributed by atoms with Crippen LogP contribution in [-0.2, 0) is 17.9 Å². The number of anilines is 1. The third-order valence-electron chi connectivity index (χ3n) is 4.48. The molecule has 4 rings (SSSR count). The van der Waals surface area contributed by atoms with Crippen molar-refractivity contribution in [2.75, 3.05) is 5.32 Å². The molecule has 0 saturated carbocycles. The summed E-state index contributed by atoms with van der Waals surface area (Å²) in [7, 11) is 0. The summed E-state index contributed by atoms with van der Waals surface area (Å²) in [4.78, 5) is 28.7. The Morgan fingerprint density at radius 2 is 1.65 bits per heavy atom. The van der Waals surface area contributed by atoms with E-state index in [4.69, 9.17) is 4.74 Å². The molecule has 2 aromatic carbocycles. The van der Waals surface area contributed by atoms with E-state index in [9.17, 15) is 9.59 Å². The van der Waals surface area contributed by atoms with Crippen LogP contribution in [0.1, 0.15) is 5.56 Å². The van der Waals surface area contributed by atoms with Crippen LogP contribution < -0.4 is 15.6 Å². The van der Waals surface area contributed by atoms with Gasteiger partial charge in [0.05, 0.1) is 17.6 Å². The van der Waals surface area contributed by atoms with Gasteiger partial charge in [-0.25, -0.2) is 9.67 Å². The maximum Gasteiger partial charge on any atom is 0.267 e. The first-order valence-corrected chi connectivity index (χ1v) is 9.73. The average Bonchev–Trinajstić information content (AvgIpc) is 2.81. The minimum atomic E-state index is -0.375. The van der Waals surface area contributed by atoms with Crippen LogP contribution in [-0.4, -0.2) is 20.7 Å². The van der Waals surface area contributed by atoms with E-state index < -0.39 is 0 Å². The van der Waals surface area contributed by atoms with E-state index in [0.717, 1.165) is 15.8 Å². The molecule has 2 aromatic heterocycles. The van der Waals surface area contributed by atoms with Crippen LogP contribution in [0, 0.1) is 0 Å². The van der Waals surface area contributed by atoms with Crippen LogP contribution in [0.2, 0.25) is 0 Å². The van der Waals surface area contributed by atoms with E-state index >= 15 is 0 Å². The second-order valence-corrected chi connectivity index (χ2v) is 6.79. The molecular weight excluding hydrogens is 392 g/mol. The summed E-state index contributed by atoms with van der Waals surface area (Å²) < 4.78 is 6.78. The number of rotatable bonds is 7. The highest BCUT2D eigenvalue weighted by molar-refractivity contribution is 5.90. The Labute approximate surface area is 179 Å². The standard InChI is InChI=1S/C24H20N4O3/c29-22(16-28-24(30)14-12-21(27-28)19-9-5-2-6-10-19)26-20-11-13-23(25-15-20)31-17-18-7-3-1-4-8-18/h1-15H,16-17H2,(H,26,29). The maximum atomic E-state index is 12.4. The SMILES string of the molecule is O=C(Cn1nc(-c2ccccc2)ccc1=O)Nc1ccc(OCc2ccccc2)nc1. The van der Waals surface area contributed by atoms with Crippen molar-refractivity contribution in [1.82, 2.24) is 14.8 Å². The fourth-order valence-electron chi connectivity index (χ4n) is 2.93. The van der Waals surface area contributed by atoms with Gasteiger partial charge in [-0.3, -0.25) is 9.59 Å². The topological polar surface area (TPSA) is 86.1 Å². The first kappa shape index (κ1) is 20.0. The lowest BCUT2D eigenvalue weighted by Crippen LogP contribution is -2.29. The largest absolute Gasteiger partial charge is 0.473 e. The van der Waals surface area contributed by atoms with Gasteiger partial charge in [-0.2, -0.15) is 5.10 Å². The number of pyridine rings is 1. The number of nitrogens with one attached hydrogen (secondary N) is 1. The molecule has 0 atom stereocenters. The smallest absolute Gasteiger partial charge is 0.267 e. The number of ether oxygens (including phenoxy) is 1. The van der Waals surface area contributed by atoms with E-state index in [2.05, 4.69) is 15.4 Å². The third kappa shape index (κ3) is 5.42. The molecule has 1 N–H and O–H groups in total. The molecule has 7 nitrogen and oxygen atoms in total. The zero-order valence-electron chi connectivity index (χ0n) is 16.6. The Morgan fingerprint density at radius 1 is 0.903 bits per heavy atom. The van der Waals surface area contributed by atoms with Crippen LogP contribution in [0.15, 0.2) is 95.9 Å². The van der Waals surface area contributed by atoms with Crippen molar-refractivity contribution in [3.63, 3.8) is 0 Å². The van der Waals surface area contributed by atoms with E-state index in [1.54, 1.807) is 18.2 Å². The number of hydrogen-bond acceptors (Lipinski definition) is 5. The molecule has 0 aliphatic carbocycles. The van der Waals surface area contributed by atoms with E-state index in [1.165, 1.54) is 12.3 Å². The first-order valence-electron chi connectivity index (χ1n) is 9.73. The van der Waals surface area contributed by atoms with Crippen LogP contribution >= 0.6 is 0 Å². The molecule has 4 aromatic rings. The van der Waals surface area contributed by atoms with Crippen molar-refractivity contribution < 1.29 is 9.53 Å². The quantitative estimate of drug-likeness (QED) is 0.502. The van der Waals surface area contributed by atoms with Crippen molar-refractivity contribution in [3.05, 3.63) is 107 Å². The number of carbonyl (C=O) groups is 1. The van der Waals surface area contributed by atoms with Gasteiger partial charge >= 0.3 is 0 Å². The summed E-state index contributed by atoms with van der Waals surface area (Å²) in [6.07, 6.45) is 1.51. The number of hydrogen-bond donors (Lipinski definition) is 1. The van der Waals surface area contributed by atoms with Gasteiger partial charge in [-0.05, 0) is 17.7 Å². The molecule has 2 heterocycles. The molecule has 0 fully saturated rings. The molecule has 31 heavy (non-hydrogen) atoms. The average molecular weight is 412 g/mol. The lowest BCUT2D eigenvalue weighted by Gasteiger charge is -2.09. The van der Waals surface area contributed by atoms with Crippen LogP contribution in [0.4, 0.5) is 5.69 Å². The molecule has 154 valence electrons. The molecular formula is C24H20N4O3. The predicted octanol–water partition coefficient (Wildman–Crippen LogP) is 3.52. The van der Waals surface area contributed by atoms with Gasteiger partial charge in [0.15, 0.2) is 0 Å². The minimum absolute atomic E-state index is 0.203. The highest BCUT2D eigenvalue weighted by Gasteiger charge is 2.09. The van der Waals surface area contributed by atoms with E-state index in [1.807, 2.05) is 60.7 Å². The van der Waals surface area contributed by atoms with Crippen LogP contribution in [0.5, 0.6) is 5.88 Å². The van der Waals surface area contributed by atoms with Gasteiger partial charge in [0.2, 0.25) is 11.8 Å². The zero-order valence-corrected chi connectivity index (χ0v) is 16.6. The fraction of sp³-hybridized carbons (Fsp3) is 0.0833. The van der Waals surface area contributed by atoms with Gasteiger partial charge in [0, 0.05) is 17.7 Å².